The lowest BCUT2D eigenvalue weighted by molar-refractivity contribution is 0.355. The van der Waals surface area contributed by atoms with Gasteiger partial charge in [-0.2, -0.15) is 0 Å². The van der Waals surface area contributed by atoms with Crippen molar-refractivity contribution in [3.8, 4) is 22.8 Å². The summed E-state index contributed by atoms with van der Waals surface area (Å²) in [5, 5.41) is 6.01. The van der Waals surface area contributed by atoms with Crippen molar-refractivity contribution in [1.82, 2.24) is 19.7 Å². The Morgan fingerprint density at radius 3 is 2.45 bits per heavy atom. The van der Waals surface area contributed by atoms with Gasteiger partial charge < -0.3 is 15.2 Å². The van der Waals surface area contributed by atoms with Crippen molar-refractivity contribution in [2.24, 2.45) is 0 Å². The van der Waals surface area contributed by atoms with E-state index in [-0.39, 0.29) is 0 Å². The van der Waals surface area contributed by atoms with Crippen LogP contribution in [0.1, 0.15) is 5.56 Å². The molecule has 0 bridgehead atoms. The largest absolute Gasteiger partial charge is 0.493 e. The zero-order valence-corrected chi connectivity index (χ0v) is 17.2. The summed E-state index contributed by atoms with van der Waals surface area (Å²) in [6.07, 6.45) is 1.93. The van der Waals surface area contributed by atoms with E-state index in [4.69, 9.17) is 20.2 Å². The van der Waals surface area contributed by atoms with Crippen molar-refractivity contribution >= 4 is 28.6 Å². The molecular formula is C21H21N5O2S. The van der Waals surface area contributed by atoms with Gasteiger partial charge in [-0.15, -0.1) is 5.10 Å². The number of nitrogens with two attached hydrogens (primary N) is 1. The highest BCUT2D eigenvalue weighted by atomic mass is 32.2. The Morgan fingerprint density at radius 2 is 1.76 bits per heavy atom. The van der Waals surface area contributed by atoms with Crippen LogP contribution >= 0.6 is 11.8 Å². The van der Waals surface area contributed by atoms with Gasteiger partial charge in [0, 0.05) is 5.56 Å². The fourth-order valence-corrected chi connectivity index (χ4v) is 3.56. The van der Waals surface area contributed by atoms with Crippen LogP contribution in [0.5, 0.6) is 11.5 Å². The molecule has 0 aliphatic rings. The fourth-order valence-electron chi connectivity index (χ4n) is 3.20. The Labute approximate surface area is 172 Å². The first-order valence-electron chi connectivity index (χ1n) is 8.99. The number of benzene rings is 2. The molecule has 29 heavy (non-hydrogen) atoms. The number of ether oxygens (including phenoxy) is 2. The molecule has 0 unspecified atom stereocenters. The molecule has 7 nitrogen and oxygen atoms in total. The van der Waals surface area contributed by atoms with Crippen molar-refractivity contribution in [1.29, 1.82) is 0 Å². The number of aromatic nitrogens is 4. The maximum Gasteiger partial charge on any atom is 0.190 e. The summed E-state index contributed by atoms with van der Waals surface area (Å²) in [6, 6.07) is 15.7. The lowest BCUT2D eigenvalue weighted by atomic mass is 10.1. The molecule has 2 N–H and O–H groups in total. The highest BCUT2D eigenvalue weighted by Crippen LogP contribution is 2.36. The van der Waals surface area contributed by atoms with Gasteiger partial charge in [-0.25, -0.2) is 14.6 Å². The number of anilines is 1. The number of methoxy groups -OCH3 is 2. The summed E-state index contributed by atoms with van der Waals surface area (Å²) in [5.74, 6) is 1.80. The third kappa shape index (κ3) is 3.58. The van der Waals surface area contributed by atoms with E-state index >= 15 is 0 Å². The lowest BCUT2D eigenvalue weighted by Gasteiger charge is -2.10. The van der Waals surface area contributed by atoms with E-state index < -0.39 is 0 Å². The number of rotatable bonds is 6. The third-order valence-electron chi connectivity index (χ3n) is 4.63. The standard InChI is InChI=1S/C21H21N5O2S/c1-27-15-10-9-14(11-16(15)28-2)18-17-19(22)26(12-13-7-5-4-6-8-13)25-20(17)24-21(23-18)29-3/h4-11H,12,22H2,1-3H3. The molecule has 8 heteroatoms. The Balaban J connectivity index is 1.89. The molecule has 2 aromatic carbocycles. The van der Waals surface area contributed by atoms with Gasteiger partial charge in [-0.3, -0.25) is 0 Å². The second kappa shape index (κ2) is 8.00. The number of nitrogen functional groups attached to an aromatic ring is 1. The molecule has 0 radical (unpaired) electrons. The number of thioether (sulfide) groups is 1. The van der Waals surface area contributed by atoms with Crippen LogP contribution in [0.2, 0.25) is 0 Å². The Hall–Kier alpha value is -3.26. The lowest BCUT2D eigenvalue weighted by Crippen LogP contribution is -2.05. The minimum absolute atomic E-state index is 0.529. The highest BCUT2D eigenvalue weighted by Gasteiger charge is 2.19. The molecule has 0 spiro atoms. The summed E-state index contributed by atoms with van der Waals surface area (Å²) >= 11 is 1.46. The summed E-state index contributed by atoms with van der Waals surface area (Å²) in [6.45, 7) is 0.559. The van der Waals surface area contributed by atoms with E-state index in [1.165, 1.54) is 11.8 Å². The van der Waals surface area contributed by atoms with E-state index in [9.17, 15) is 0 Å². The van der Waals surface area contributed by atoms with Gasteiger partial charge in [-0.05, 0) is 30.0 Å². The van der Waals surface area contributed by atoms with Crippen molar-refractivity contribution in [3.63, 3.8) is 0 Å². The second-order valence-corrected chi connectivity index (χ2v) is 7.13. The molecule has 0 aliphatic heterocycles. The average molecular weight is 407 g/mol. The summed E-state index contributed by atoms with van der Waals surface area (Å²) in [4.78, 5) is 9.29. The monoisotopic (exact) mass is 407 g/mol. The predicted octanol–water partition coefficient (Wildman–Crippen LogP) is 3.86. The maximum atomic E-state index is 6.50. The SMILES string of the molecule is COc1ccc(-c2nc(SC)nc3nn(Cc4ccccc4)c(N)c23)cc1OC. The first kappa shape index (κ1) is 19.1. The van der Waals surface area contributed by atoms with E-state index in [0.717, 1.165) is 22.2 Å². The molecule has 4 rings (SSSR count). The summed E-state index contributed by atoms with van der Waals surface area (Å²) in [7, 11) is 3.22. The Bertz CT molecular complexity index is 1160. The van der Waals surface area contributed by atoms with Crippen LogP contribution in [0.3, 0.4) is 0 Å². The fraction of sp³-hybridized carbons (Fsp3) is 0.190. The van der Waals surface area contributed by atoms with E-state index in [1.54, 1.807) is 18.9 Å². The summed E-state index contributed by atoms with van der Waals surface area (Å²) < 4.78 is 12.6. The summed E-state index contributed by atoms with van der Waals surface area (Å²) in [5.41, 5.74) is 9.76. The van der Waals surface area contributed by atoms with Crippen LogP contribution in [0.4, 0.5) is 5.82 Å². The number of nitrogens with zero attached hydrogens (tertiary/aromatic N) is 4. The predicted molar refractivity (Wildman–Crippen MR) is 116 cm³/mol. The Morgan fingerprint density at radius 1 is 1.00 bits per heavy atom. The number of hydrogen-bond acceptors (Lipinski definition) is 7. The first-order valence-corrected chi connectivity index (χ1v) is 10.2. The molecule has 2 heterocycles. The van der Waals surface area contributed by atoms with Crippen molar-refractivity contribution in [3.05, 3.63) is 54.1 Å². The number of fused-ring (bicyclic) bond motifs is 1. The van der Waals surface area contributed by atoms with Crippen LogP contribution in [-0.2, 0) is 6.54 Å². The molecule has 0 atom stereocenters. The van der Waals surface area contributed by atoms with Gasteiger partial charge >= 0.3 is 0 Å². The zero-order valence-electron chi connectivity index (χ0n) is 16.4. The molecule has 4 aromatic rings. The topological polar surface area (TPSA) is 88.1 Å². The normalized spacial score (nSPS) is 11.0. The van der Waals surface area contributed by atoms with Crippen LogP contribution in [0, 0.1) is 0 Å². The second-order valence-electron chi connectivity index (χ2n) is 6.36. The minimum Gasteiger partial charge on any atom is -0.493 e. The molecule has 2 aromatic heterocycles. The Kier molecular flexibility index (Phi) is 5.26. The van der Waals surface area contributed by atoms with E-state index in [2.05, 4.69) is 10.1 Å². The van der Waals surface area contributed by atoms with Crippen LogP contribution < -0.4 is 15.2 Å². The maximum absolute atomic E-state index is 6.50. The first-order chi connectivity index (χ1) is 14.1. The van der Waals surface area contributed by atoms with Gasteiger partial charge in [0.1, 0.15) is 5.82 Å². The van der Waals surface area contributed by atoms with Crippen LogP contribution in [0.15, 0.2) is 53.7 Å². The molecule has 0 aliphatic carbocycles. The van der Waals surface area contributed by atoms with Crippen molar-refractivity contribution < 1.29 is 9.47 Å². The molecule has 0 fully saturated rings. The third-order valence-corrected chi connectivity index (χ3v) is 5.18. The van der Waals surface area contributed by atoms with Crippen molar-refractivity contribution in [2.45, 2.75) is 11.7 Å². The molecule has 0 saturated carbocycles. The molecule has 0 amide bonds. The smallest absolute Gasteiger partial charge is 0.190 e. The van der Waals surface area contributed by atoms with E-state index in [0.29, 0.717) is 34.7 Å². The van der Waals surface area contributed by atoms with Gasteiger partial charge in [-0.1, -0.05) is 42.1 Å². The van der Waals surface area contributed by atoms with Crippen LogP contribution in [-0.4, -0.2) is 40.2 Å². The van der Waals surface area contributed by atoms with Crippen LogP contribution in [0.25, 0.3) is 22.3 Å². The molecule has 148 valence electrons. The zero-order chi connectivity index (χ0) is 20.4. The number of hydrogen-bond donors (Lipinski definition) is 1. The van der Waals surface area contributed by atoms with Crippen molar-refractivity contribution in [2.75, 3.05) is 26.2 Å². The quantitative estimate of drug-likeness (QED) is 0.383. The van der Waals surface area contributed by atoms with Gasteiger partial charge in [0.25, 0.3) is 0 Å². The average Bonchev–Trinajstić information content (AvgIpc) is 3.08. The minimum atomic E-state index is 0.529. The van der Waals surface area contributed by atoms with Gasteiger partial charge in [0.2, 0.25) is 0 Å². The molecular weight excluding hydrogens is 386 g/mol. The van der Waals surface area contributed by atoms with Gasteiger partial charge in [0.05, 0.1) is 31.8 Å². The van der Waals surface area contributed by atoms with E-state index in [1.807, 2.05) is 54.8 Å². The molecule has 0 saturated heterocycles. The van der Waals surface area contributed by atoms with Gasteiger partial charge in [0.15, 0.2) is 22.3 Å². The highest BCUT2D eigenvalue weighted by molar-refractivity contribution is 7.98.